The molecule has 2 amide bonds. The molecule has 7 nitrogen and oxygen atoms in total. The van der Waals surface area contributed by atoms with Gasteiger partial charge in [0, 0.05) is 5.56 Å². The van der Waals surface area contributed by atoms with Crippen LogP contribution < -0.4 is 4.74 Å². The van der Waals surface area contributed by atoms with Crippen LogP contribution in [0.1, 0.15) is 43.5 Å². The molecule has 4 rings (SSSR count). The number of carbonyl (C=O) groups is 4. The Morgan fingerprint density at radius 1 is 1.03 bits per heavy atom. The van der Waals surface area contributed by atoms with E-state index in [9.17, 15) is 19.2 Å². The molecular formula is C23H27NO6. The number of fused-ring (bicyclic) bond motifs is 5. The molecular weight excluding hydrogens is 386 g/mol. The quantitative estimate of drug-likeness (QED) is 0.388. The van der Waals surface area contributed by atoms with Crippen molar-refractivity contribution in [1.82, 2.24) is 4.90 Å². The lowest BCUT2D eigenvalue weighted by atomic mass is 9.81. The number of likely N-dealkylation sites (tertiary alicyclic amines) is 1. The minimum absolute atomic E-state index is 0.241. The second-order valence-electron chi connectivity index (χ2n) is 8.88. The van der Waals surface area contributed by atoms with Crippen LogP contribution in [0.3, 0.4) is 0 Å². The number of amides is 2. The van der Waals surface area contributed by atoms with Gasteiger partial charge in [0.1, 0.15) is 11.8 Å². The summed E-state index contributed by atoms with van der Waals surface area (Å²) in [6.07, 6.45) is 2.89. The lowest BCUT2D eigenvalue weighted by molar-refractivity contribution is -0.160. The fourth-order valence-corrected chi connectivity index (χ4v) is 5.46. The van der Waals surface area contributed by atoms with E-state index < -0.39 is 18.6 Å². The first-order valence-electron chi connectivity index (χ1n) is 10.5. The highest BCUT2D eigenvalue weighted by atomic mass is 16.5. The number of imide groups is 1. The zero-order valence-electron chi connectivity index (χ0n) is 17.5. The number of esters is 1. The normalized spacial score (nSPS) is 28.1. The van der Waals surface area contributed by atoms with E-state index in [4.69, 9.17) is 9.47 Å². The first-order valence-corrected chi connectivity index (χ1v) is 10.5. The Morgan fingerprint density at radius 2 is 1.60 bits per heavy atom. The Hall–Kier alpha value is -2.70. The Kier molecular flexibility index (Phi) is 5.38. The SMILES string of the molecule is COc1ccc(C(=O)COC(=O)[C@H](C(C)C)N2C(=O)[C@H]3[C@H]4CC[C@@H](C4)[C@@H]3C2=O)cc1. The highest BCUT2D eigenvalue weighted by Crippen LogP contribution is 2.56. The minimum atomic E-state index is -1.00. The Bertz CT molecular complexity index is 848. The molecule has 2 saturated carbocycles. The maximum absolute atomic E-state index is 13.1. The summed E-state index contributed by atoms with van der Waals surface area (Å²) in [5.41, 5.74) is 0.393. The van der Waals surface area contributed by atoms with Gasteiger partial charge in [-0.1, -0.05) is 13.8 Å². The highest BCUT2D eigenvalue weighted by Gasteiger charge is 2.62. The highest BCUT2D eigenvalue weighted by molar-refractivity contribution is 6.09. The van der Waals surface area contributed by atoms with Crippen molar-refractivity contribution < 1.29 is 28.7 Å². The summed E-state index contributed by atoms with van der Waals surface area (Å²) < 4.78 is 10.3. The number of ether oxygens (including phenoxy) is 2. The number of ketones is 1. The minimum Gasteiger partial charge on any atom is -0.497 e. The Labute approximate surface area is 175 Å². The number of carbonyl (C=O) groups excluding carboxylic acids is 4. The first kappa shape index (κ1) is 20.6. The van der Waals surface area contributed by atoms with Gasteiger partial charge in [-0.05, 0) is 61.3 Å². The lowest BCUT2D eigenvalue weighted by Gasteiger charge is -2.28. The maximum atomic E-state index is 13.1. The van der Waals surface area contributed by atoms with Gasteiger partial charge in [0.15, 0.2) is 12.4 Å². The molecule has 3 fully saturated rings. The molecule has 1 aromatic carbocycles. The van der Waals surface area contributed by atoms with E-state index in [1.165, 1.54) is 7.11 Å². The lowest BCUT2D eigenvalue weighted by Crippen LogP contribution is -2.50. The number of Topliss-reactive ketones (excluding diaryl/α,β-unsaturated/α-hetero) is 1. The van der Waals surface area contributed by atoms with E-state index in [1.54, 1.807) is 38.1 Å². The molecule has 0 N–H and O–H groups in total. The molecule has 30 heavy (non-hydrogen) atoms. The fraction of sp³-hybridized carbons (Fsp3) is 0.565. The summed E-state index contributed by atoms with van der Waals surface area (Å²) in [5, 5.41) is 0. The Morgan fingerprint density at radius 3 is 2.10 bits per heavy atom. The molecule has 160 valence electrons. The van der Waals surface area contributed by atoms with Crippen LogP contribution in [0.25, 0.3) is 0 Å². The molecule has 1 aliphatic heterocycles. The molecule has 0 radical (unpaired) electrons. The molecule has 1 aromatic rings. The average Bonchev–Trinajstić information content (AvgIpc) is 3.42. The zero-order chi connectivity index (χ0) is 21.6. The topological polar surface area (TPSA) is 90.0 Å². The van der Waals surface area contributed by atoms with E-state index in [-0.39, 0.29) is 47.2 Å². The first-order chi connectivity index (χ1) is 14.3. The van der Waals surface area contributed by atoms with Gasteiger partial charge in [0.05, 0.1) is 18.9 Å². The molecule has 2 aliphatic carbocycles. The van der Waals surface area contributed by atoms with Crippen molar-refractivity contribution in [3.8, 4) is 5.75 Å². The van der Waals surface area contributed by atoms with Crippen LogP contribution in [0.15, 0.2) is 24.3 Å². The molecule has 3 aliphatic rings. The smallest absolute Gasteiger partial charge is 0.330 e. The van der Waals surface area contributed by atoms with Gasteiger partial charge >= 0.3 is 5.97 Å². The van der Waals surface area contributed by atoms with Crippen molar-refractivity contribution in [2.45, 2.75) is 39.2 Å². The van der Waals surface area contributed by atoms with Gasteiger partial charge in [-0.3, -0.25) is 19.3 Å². The van der Waals surface area contributed by atoms with Gasteiger partial charge in [0.25, 0.3) is 0 Å². The van der Waals surface area contributed by atoms with Crippen molar-refractivity contribution in [2.24, 2.45) is 29.6 Å². The van der Waals surface area contributed by atoms with Gasteiger partial charge in [-0.25, -0.2) is 4.79 Å². The second kappa shape index (κ2) is 7.85. The standard InChI is InChI=1S/C23H27NO6/c1-12(2)20(23(28)30-11-17(25)13-6-8-16(29-3)9-7-13)24-21(26)18-14-4-5-15(10-14)19(18)22(24)27/h6-9,12,14-15,18-20H,4-5,10-11H2,1-3H3/t14-,15-,18-,19-,20-/m0/s1. The van der Waals surface area contributed by atoms with Gasteiger partial charge in [0.2, 0.25) is 11.8 Å². The predicted molar refractivity (Wildman–Crippen MR) is 107 cm³/mol. The van der Waals surface area contributed by atoms with E-state index in [1.807, 2.05) is 0 Å². The monoisotopic (exact) mass is 413 g/mol. The fourth-order valence-electron chi connectivity index (χ4n) is 5.46. The molecule has 0 aromatic heterocycles. The summed E-state index contributed by atoms with van der Waals surface area (Å²) in [5.74, 6) is -1.31. The number of nitrogens with zero attached hydrogens (tertiary/aromatic N) is 1. The van der Waals surface area contributed by atoms with Crippen LogP contribution in [0, 0.1) is 29.6 Å². The van der Waals surface area contributed by atoms with E-state index >= 15 is 0 Å². The van der Waals surface area contributed by atoms with Crippen molar-refractivity contribution in [2.75, 3.05) is 13.7 Å². The van der Waals surface area contributed by atoms with E-state index in [0.29, 0.717) is 11.3 Å². The number of benzene rings is 1. The molecule has 0 spiro atoms. The van der Waals surface area contributed by atoms with Crippen molar-refractivity contribution >= 4 is 23.6 Å². The number of hydrogen-bond acceptors (Lipinski definition) is 6. The summed E-state index contributed by atoms with van der Waals surface area (Å²) in [7, 11) is 1.53. The summed E-state index contributed by atoms with van der Waals surface area (Å²) in [6.45, 7) is 3.11. The van der Waals surface area contributed by atoms with Gasteiger partial charge < -0.3 is 9.47 Å². The van der Waals surface area contributed by atoms with E-state index in [2.05, 4.69) is 0 Å². The zero-order valence-corrected chi connectivity index (χ0v) is 17.5. The summed E-state index contributed by atoms with van der Waals surface area (Å²) in [4.78, 5) is 52.5. The second-order valence-corrected chi connectivity index (χ2v) is 8.88. The maximum Gasteiger partial charge on any atom is 0.330 e. The largest absolute Gasteiger partial charge is 0.497 e. The number of methoxy groups -OCH3 is 1. The van der Waals surface area contributed by atoms with Crippen LogP contribution in [0.5, 0.6) is 5.75 Å². The molecule has 2 bridgehead atoms. The molecule has 5 atom stereocenters. The number of hydrogen-bond donors (Lipinski definition) is 0. The molecule has 7 heteroatoms. The summed E-state index contributed by atoms with van der Waals surface area (Å²) >= 11 is 0. The van der Waals surface area contributed by atoms with Crippen LogP contribution in [-0.4, -0.2) is 48.2 Å². The van der Waals surface area contributed by atoms with Crippen LogP contribution in [0.2, 0.25) is 0 Å². The Balaban J connectivity index is 1.45. The van der Waals surface area contributed by atoms with Gasteiger partial charge in [-0.2, -0.15) is 0 Å². The van der Waals surface area contributed by atoms with E-state index in [0.717, 1.165) is 24.2 Å². The third-order valence-electron chi connectivity index (χ3n) is 6.87. The van der Waals surface area contributed by atoms with Crippen LogP contribution in [-0.2, 0) is 19.1 Å². The average molecular weight is 413 g/mol. The molecule has 0 unspecified atom stereocenters. The van der Waals surface area contributed by atoms with Crippen molar-refractivity contribution in [1.29, 1.82) is 0 Å². The van der Waals surface area contributed by atoms with Crippen LogP contribution in [0.4, 0.5) is 0 Å². The third kappa shape index (κ3) is 3.30. The van der Waals surface area contributed by atoms with Crippen LogP contribution >= 0.6 is 0 Å². The van der Waals surface area contributed by atoms with Crippen molar-refractivity contribution in [3.63, 3.8) is 0 Å². The number of rotatable bonds is 7. The molecule has 1 saturated heterocycles. The predicted octanol–water partition coefficient (Wildman–Crippen LogP) is 2.48. The third-order valence-corrected chi connectivity index (χ3v) is 6.87. The molecule has 1 heterocycles. The summed E-state index contributed by atoms with van der Waals surface area (Å²) in [6, 6.07) is 5.50. The van der Waals surface area contributed by atoms with Gasteiger partial charge in [-0.15, -0.1) is 0 Å². The van der Waals surface area contributed by atoms with Crippen molar-refractivity contribution in [3.05, 3.63) is 29.8 Å².